The maximum absolute atomic E-state index is 12.2. The zero-order chi connectivity index (χ0) is 14.3. The van der Waals surface area contributed by atoms with Crippen LogP contribution in [0.3, 0.4) is 0 Å². The predicted octanol–water partition coefficient (Wildman–Crippen LogP) is 2.96. The fourth-order valence-corrected chi connectivity index (χ4v) is 3.41. The molecule has 0 bridgehead atoms. The third kappa shape index (κ3) is 2.13. The van der Waals surface area contributed by atoms with Gasteiger partial charge in [0.2, 0.25) is 0 Å². The topological polar surface area (TPSA) is 47.3 Å². The Morgan fingerprint density at radius 2 is 2.20 bits per heavy atom. The highest BCUT2D eigenvalue weighted by atomic mass is 16.1. The highest BCUT2D eigenvalue weighted by molar-refractivity contribution is 5.90. The van der Waals surface area contributed by atoms with Crippen LogP contribution in [0.25, 0.3) is 5.65 Å². The third-order valence-electron chi connectivity index (χ3n) is 4.31. The molecule has 2 aromatic rings. The van der Waals surface area contributed by atoms with Crippen LogP contribution in [-0.4, -0.2) is 20.4 Å². The maximum atomic E-state index is 12.2. The number of rotatable bonds is 2. The highest BCUT2D eigenvalue weighted by Gasteiger charge is 2.35. The summed E-state index contributed by atoms with van der Waals surface area (Å²) in [5, 5.41) is 4.24. The van der Waals surface area contributed by atoms with Gasteiger partial charge in [0.15, 0.2) is 5.65 Å². The second-order valence-corrected chi connectivity index (χ2v) is 6.04. The molecule has 1 fully saturated rings. The Labute approximate surface area is 119 Å². The Kier molecular flexibility index (Phi) is 3.32. The zero-order valence-electron chi connectivity index (χ0n) is 12.2. The summed E-state index contributed by atoms with van der Waals surface area (Å²) in [4.78, 5) is 16.5. The first-order chi connectivity index (χ1) is 9.58. The molecule has 20 heavy (non-hydrogen) atoms. The molecule has 2 atom stereocenters. The van der Waals surface area contributed by atoms with Crippen LogP contribution in [0.4, 0.5) is 0 Å². The molecule has 105 valence electrons. The first-order valence-electron chi connectivity index (χ1n) is 7.25. The maximum Gasteiger partial charge on any atom is 0.158 e. The van der Waals surface area contributed by atoms with E-state index in [1.807, 2.05) is 17.1 Å². The lowest BCUT2D eigenvalue weighted by molar-refractivity contribution is -0.123. The molecule has 2 heterocycles. The van der Waals surface area contributed by atoms with E-state index in [-0.39, 0.29) is 5.92 Å². The minimum absolute atomic E-state index is 0.0871. The van der Waals surface area contributed by atoms with E-state index in [0.717, 1.165) is 24.1 Å². The van der Waals surface area contributed by atoms with Gasteiger partial charge < -0.3 is 0 Å². The monoisotopic (exact) mass is 270 g/mol. The van der Waals surface area contributed by atoms with Gasteiger partial charge in [-0.2, -0.15) is 5.10 Å². The molecule has 0 aromatic carbocycles. The van der Waals surface area contributed by atoms with Crippen molar-refractivity contribution in [2.45, 2.75) is 39.5 Å². The fraction of sp³-hybridized carbons (Fsp3) is 0.500. The van der Waals surface area contributed by atoms with E-state index >= 15 is 0 Å². The van der Waals surface area contributed by atoms with Gasteiger partial charge in [-0.1, -0.05) is 19.9 Å². The number of Topliss-reactive ketones (excluding diaryl/α,β-unsaturated/α-hetero) is 1. The average Bonchev–Trinajstić information content (AvgIpc) is 2.86. The molecule has 1 aliphatic carbocycles. The van der Waals surface area contributed by atoms with Crippen LogP contribution in [-0.2, 0) is 4.79 Å². The number of hydrogen-bond donors (Lipinski definition) is 0. The van der Waals surface area contributed by atoms with Gasteiger partial charge in [-0.05, 0) is 42.7 Å². The largest absolute Gasteiger partial charge is 0.299 e. The predicted molar refractivity (Wildman–Crippen MR) is 77.3 cm³/mol. The second-order valence-electron chi connectivity index (χ2n) is 6.04. The lowest BCUT2D eigenvalue weighted by atomic mass is 9.70. The van der Waals surface area contributed by atoms with Crippen LogP contribution >= 0.6 is 0 Å². The molecule has 2 unspecified atom stereocenters. The Morgan fingerprint density at radius 3 is 2.95 bits per heavy atom. The summed E-state index contributed by atoms with van der Waals surface area (Å²) >= 11 is 0. The quantitative estimate of drug-likeness (QED) is 0.843. The Bertz CT molecular complexity index is 644. The molecule has 4 nitrogen and oxygen atoms in total. The molecule has 0 amide bonds. The number of nitrogens with zero attached hydrogens (tertiary/aromatic N) is 3. The van der Waals surface area contributed by atoms with Gasteiger partial charge in [0, 0.05) is 18.5 Å². The van der Waals surface area contributed by atoms with E-state index in [0.29, 0.717) is 17.6 Å². The van der Waals surface area contributed by atoms with Gasteiger partial charge in [-0.25, -0.2) is 9.50 Å². The molecule has 2 aromatic heterocycles. The highest BCUT2D eigenvalue weighted by Crippen LogP contribution is 2.39. The number of pyridine rings is 1. The summed E-state index contributed by atoms with van der Waals surface area (Å²) in [5.74, 6) is 1.03. The van der Waals surface area contributed by atoms with Crippen molar-refractivity contribution in [3.05, 3.63) is 36.1 Å². The van der Waals surface area contributed by atoms with Crippen LogP contribution in [0.2, 0.25) is 0 Å². The molecule has 0 aliphatic heterocycles. The van der Waals surface area contributed by atoms with Crippen molar-refractivity contribution in [2.24, 2.45) is 11.8 Å². The van der Waals surface area contributed by atoms with Gasteiger partial charge in [0.1, 0.15) is 12.1 Å². The summed E-state index contributed by atoms with van der Waals surface area (Å²) in [7, 11) is 0. The number of fused-ring (bicyclic) bond motifs is 1. The van der Waals surface area contributed by atoms with Crippen LogP contribution < -0.4 is 0 Å². The third-order valence-corrected chi connectivity index (χ3v) is 4.31. The van der Waals surface area contributed by atoms with Crippen molar-refractivity contribution in [1.29, 1.82) is 0 Å². The molecule has 1 radical (unpaired) electrons. The normalized spacial score (nSPS) is 23.7. The van der Waals surface area contributed by atoms with E-state index in [4.69, 9.17) is 0 Å². The Morgan fingerprint density at radius 1 is 1.40 bits per heavy atom. The van der Waals surface area contributed by atoms with Crippen molar-refractivity contribution in [3.63, 3.8) is 0 Å². The van der Waals surface area contributed by atoms with Crippen LogP contribution in [0.5, 0.6) is 0 Å². The molecule has 0 N–H and O–H groups in total. The van der Waals surface area contributed by atoms with Crippen LogP contribution in [0, 0.1) is 25.2 Å². The number of carbonyl (C=O) groups excluding carboxylic acids is 1. The molecule has 3 rings (SSSR count). The van der Waals surface area contributed by atoms with Gasteiger partial charge >= 0.3 is 0 Å². The van der Waals surface area contributed by atoms with E-state index in [1.165, 1.54) is 5.56 Å². The minimum Gasteiger partial charge on any atom is -0.299 e. The van der Waals surface area contributed by atoms with E-state index in [1.54, 1.807) is 6.33 Å². The van der Waals surface area contributed by atoms with E-state index in [9.17, 15) is 4.79 Å². The van der Waals surface area contributed by atoms with Crippen molar-refractivity contribution >= 4 is 11.4 Å². The number of carbonyl (C=O) groups is 1. The lowest BCUT2D eigenvalue weighted by Gasteiger charge is -2.33. The van der Waals surface area contributed by atoms with Crippen LogP contribution in [0.1, 0.15) is 43.7 Å². The smallest absolute Gasteiger partial charge is 0.158 e. The summed E-state index contributed by atoms with van der Waals surface area (Å²) in [5.41, 5.74) is 3.22. The summed E-state index contributed by atoms with van der Waals surface area (Å²) in [6.07, 6.45) is 7.39. The minimum atomic E-state index is 0.0871. The van der Waals surface area contributed by atoms with E-state index in [2.05, 4.69) is 36.9 Å². The number of hydrogen-bond acceptors (Lipinski definition) is 3. The van der Waals surface area contributed by atoms with Gasteiger partial charge in [0.05, 0.1) is 0 Å². The standard InChI is InChI=1S/C16H20N3O/c1-10(2)15-13(5-4-6-14(15)20)12-7-11(3)16-17-9-18-19(16)8-12/h6-10,13,15H,4-5H2,1-3H3. The average molecular weight is 270 g/mol. The Balaban J connectivity index is 2.05. The first kappa shape index (κ1) is 13.3. The SMILES string of the molecule is Cc1cc(C2CC[CH]C(=O)C2C(C)C)cn2ncnc12. The zero-order valence-corrected chi connectivity index (χ0v) is 12.2. The number of aryl methyl sites for hydroxylation is 1. The van der Waals surface area contributed by atoms with E-state index < -0.39 is 0 Å². The van der Waals surface area contributed by atoms with Crippen molar-refractivity contribution in [2.75, 3.05) is 0 Å². The van der Waals surface area contributed by atoms with Crippen LogP contribution in [0.15, 0.2) is 18.6 Å². The molecule has 0 spiro atoms. The lowest BCUT2D eigenvalue weighted by Crippen LogP contribution is -2.31. The molecule has 4 heteroatoms. The second kappa shape index (κ2) is 5.00. The number of aromatic nitrogens is 3. The first-order valence-corrected chi connectivity index (χ1v) is 7.25. The van der Waals surface area contributed by atoms with Gasteiger partial charge in [-0.3, -0.25) is 4.79 Å². The summed E-state index contributed by atoms with van der Waals surface area (Å²) in [6, 6.07) is 2.17. The Hall–Kier alpha value is -1.71. The van der Waals surface area contributed by atoms with Crippen molar-refractivity contribution < 1.29 is 4.79 Å². The van der Waals surface area contributed by atoms with Gasteiger partial charge in [-0.15, -0.1) is 0 Å². The molecule has 1 saturated carbocycles. The van der Waals surface area contributed by atoms with Crippen molar-refractivity contribution in [1.82, 2.24) is 14.6 Å². The molecular weight excluding hydrogens is 250 g/mol. The molecule has 1 aliphatic rings. The summed E-state index contributed by atoms with van der Waals surface area (Å²) in [6.45, 7) is 6.32. The van der Waals surface area contributed by atoms with Gasteiger partial charge in [0.25, 0.3) is 0 Å². The number of ketones is 1. The molecular formula is C16H20N3O. The molecule has 0 saturated heterocycles. The summed E-state index contributed by atoms with van der Waals surface area (Å²) < 4.78 is 1.82. The fourth-order valence-electron chi connectivity index (χ4n) is 3.41. The van der Waals surface area contributed by atoms with Crippen molar-refractivity contribution in [3.8, 4) is 0 Å².